The van der Waals surface area contributed by atoms with E-state index in [2.05, 4.69) is 13.8 Å². The third kappa shape index (κ3) is 14.2. The first-order valence-electron chi connectivity index (χ1n) is 6.48. The SMILES string of the molecule is CC(C)CCOCCOCCCCCCCl. The number of alkyl halides is 1. The zero-order chi connectivity index (χ0) is 12.1. The zero-order valence-corrected chi connectivity index (χ0v) is 11.6. The summed E-state index contributed by atoms with van der Waals surface area (Å²) < 4.78 is 10.9. The molecule has 0 N–H and O–H groups in total. The van der Waals surface area contributed by atoms with Crippen molar-refractivity contribution in [3.63, 3.8) is 0 Å². The molecule has 3 heteroatoms. The maximum absolute atomic E-state index is 5.59. The third-order valence-corrected chi connectivity index (χ3v) is 2.65. The lowest BCUT2D eigenvalue weighted by molar-refractivity contribution is 0.0427. The van der Waals surface area contributed by atoms with E-state index >= 15 is 0 Å². The van der Waals surface area contributed by atoms with E-state index in [9.17, 15) is 0 Å². The van der Waals surface area contributed by atoms with Gasteiger partial charge in [0.05, 0.1) is 13.2 Å². The topological polar surface area (TPSA) is 18.5 Å². The Bertz CT molecular complexity index is 129. The highest BCUT2D eigenvalue weighted by molar-refractivity contribution is 6.17. The minimum atomic E-state index is 0.725. The van der Waals surface area contributed by atoms with Crippen LogP contribution in [0.4, 0.5) is 0 Å². The average Bonchev–Trinajstić information content (AvgIpc) is 2.25. The monoisotopic (exact) mass is 250 g/mol. The lowest BCUT2D eigenvalue weighted by atomic mass is 10.1. The van der Waals surface area contributed by atoms with Gasteiger partial charge in [0.25, 0.3) is 0 Å². The maximum atomic E-state index is 5.59. The summed E-state index contributed by atoms with van der Waals surface area (Å²) in [6.07, 6.45) is 5.85. The van der Waals surface area contributed by atoms with Crippen molar-refractivity contribution in [2.24, 2.45) is 5.92 Å². The second-order valence-corrected chi connectivity index (χ2v) is 4.89. The van der Waals surface area contributed by atoms with E-state index in [1.807, 2.05) is 0 Å². The summed E-state index contributed by atoms with van der Waals surface area (Å²) in [6, 6.07) is 0. The Morgan fingerprint density at radius 2 is 1.44 bits per heavy atom. The van der Waals surface area contributed by atoms with Gasteiger partial charge in [-0.25, -0.2) is 0 Å². The van der Waals surface area contributed by atoms with Crippen LogP contribution in [0, 0.1) is 5.92 Å². The summed E-state index contributed by atoms with van der Waals surface area (Å²) in [5, 5.41) is 0. The van der Waals surface area contributed by atoms with Crippen molar-refractivity contribution in [3.8, 4) is 0 Å². The first kappa shape index (κ1) is 16.2. The molecule has 0 heterocycles. The summed E-state index contributed by atoms with van der Waals surface area (Å²) in [5.41, 5.74) is 0. The minimum Gasteiger partial charge on any atom is -0.379 e. The first-order valence-corrected chi connectivity index (χ1v) is 7.02. The highest BCUT2D eigenvalue weighted by Crippen LogP contribution is 2.01. The molecule has 2 nitrogen and oxygen atoms in total. The molecule has 0 aromatic rings. The molecule has 0 saturated heterocycles. The smallest absolute Gasteiger partial charge is 0.0700 e. The van der Waals surface area contributed by atoms with Crippen LogP contribution in [0.15, 0.2) is 0 Å². The van der Waals surface area contributed by atoms with Gasteiger partial charge in [0.2, 0.25) is 0 Å². The number of hydrogen-bond acceptors (Lipinski definition) is 2. The van der Waals surface area contributed by atoms with Crippen molar-refractivity contribution in [1.82, 2.24) is 0 Å². The molecule has 0 aliphatic heterocycles. The quantitative estimate of drug-likeness (QED) is 0.387. The summed E-state index contributed by atoms with van der Waals surface area (Å²) in [4.78, 5) is 0. The molecule has 0 saturated carbocycles. The Balaban J connectivity index is 2.88. The van der Waals surface area contributed by atoms with Crippen molar-refractivity contribution >= 4 is 11.6 Å². The van der Waals surface area contributed by atoms with Gasteiger partial charge < -0.3 is 9.47 Å². The molecule has 0 fully saturated rings. The van der Waals surface area contributed by atoms with E-state index < -0.39 is 0 Å². The predicted octanol–water partition coefficient (Wildman–Crippen LogP) is 3.86. The van der Waals surface area contributed by atoms with E-state index in [1.165, 1.54) is 12.8 Å². The predicted molar refractivity (Wildman–Crippen MR) is 70.3 cm³/mol. The van der Waals surface area contributed by atoms with Crippen LogP contribution in [0.2, 0.25) is 0 Å². The van der Waals surface area contributed by atoms with Crippen LogP contribution in [-0.4, -0.2) is 32.3 Å². The molecule has 16 heavy (non-hydrogen) atoms. The molecule has 98 valence electrons. The van der Waals surface area contributed by atoms with Gasteiger partial charge in [-0.1, -0.05) is 26.7 Å². The van der Waals surface area contributed by atoms with E-state index in [0.29, 0.717) is 0 Å². The van der Waals surface area contributed by atoms with Crippen LogP contribution in [0.5, 0.6) is 0 Å². The molecule has 0 amide bonds. The highest BCUT2D eigenvalue weighted by atomic mass is 35.5. The van der Waals surface area contributed by atoms with Gasteiger partial charge in [-0.05, 0) is 25.2 Å². The summed E-state index contributed by atoms with van der Waals surface area (Å²) in [6.45, 7) is 7.59. The van der Waals surface area contributed by atoms with E-state index in [0.717, 1.165) is 57.5 Å². The number of rotatable bonds is 12. The molecule has 0 atom stereocenters. The molecular formula is C13H27ClO2. The van der Waals surface area contributed by atoms with Crippen molar-refractivity contribution in [1.29, 1.82) is 0 Å². The number of halogens is 1. The molecule has 0 aliphatic carbocycles. The van der Waals surface area contributed by atoms with Crippen LogP contribution in [0.25, 0.3) is 0 Å². The number of ether oxygens (including phenoxy) is 2. The van der Waals surface area contributed by atoms with Gasteiger partial charge in [0, 0.05) is 19.1 Å². The van der Waals surface area contributed by atoms with E-state index in [4.69, 9.17) is 21.1 Å². The molecule has 0 aromatic carbocycles. The van der Waals surface area contributed by atoms with Crippen LogP contribution in [0.3, 0.4) is 0 Å². The molecule has 0 unspecified atom stereocenters. The van der Waals surface area contributed by atoms with Crippen molar-refractivity contribution in [3.05, 3.63) is 0 Å². The third-order valence-electron chi connectivity index (χ3n) is 2.38. The Kier molecular flexibility index (Phi) is 13.4. The van der Waals surface area contributed by atoms with Gasteiger partial charge >= 0.3 is 0 Å². The Morgan fingerprint density at radius 3 is 2.06 bits per heavy atom. The van der Waals surface area contributed by atoms with E-state index in [1.54, 1.807) is 0 Å². The standard InChI is InChI=1S/C13H27ClO2/c1-13(2)7-10-16-12-11-15-9-6-4-3-5-8-14/h13H,3-12H2,1-2H3. The Hall–Kier alpha value is 0.210. The van der Waals surface area contributed by atoms with Crippen molar-refractivity contribution in [2.75, 3.05) is 32.3 Å². The molecular weight excluding hydrogens is 224 g/mol. The fraction of sp³-hybridized carbons (Fsp3) is 1.00. The van der Waals surface area contributed by atoms with Gasteiger partial charge in [-0.3, -0.25) is 0 Å². The Labute approximate surface area is 106 Å². The molecule has 0 rings (SSSR count). The number of unbranched alkanes of at least 4 members (excludes halogenated alkanes) is 3. The van der Waals surface area contributed by atoms with Gasteiger partial charge in [0.1, 0.15) is 0 Å². The van der Waals surface area contributed by atoms with Crippen molar-refractivity contribution < 1.29 is 9.47 Å². The molecule has 0 spiro atoms. The second-order valence-electron chi connectivity index (χ2n) is 4.51. The lowest BCUT2D eigenvalue weighted by Crippen LogP contribution is -2.07. The lowest BCUT2D eigenvalue weighted by Gasteiger charge is -2.07. The fourth-order valence-electron chi connectivity index (χ4n) is 1.29. The van der Waals surface area contributed by atoms with E-state index in [-0.39, 0.29) is 0 Å². The summed E-state index contributed by atoms with van der Waals surface area (Å²) >= 11 is 5.59. The molecule has 0 bridgehead atoms. The van der Waals surface area contributed by atoms with Crippen LogP contribution >= 0.6 is 11.6 Å². The number of hydrogen-bond donors (Lipinski definition) is 0. The first-order chi connectivity index (χ1) is 7.77. The normalized spacial score (nSPS) is 11.2. The average molecular weight is 251 g/mol. The van der Waals surface area contributed by atoms with Crippen molar-refractivity contribution in [2.45, 2.75) is 46.0 Å². The zero-order valence-electron chi connectivity index (χ0n) is 10.8. The van der Waals surface area contributed by atoms with Crippen LogP contribution in [-0.2, 0) is 9.47 Å². The highest BCUT2D eigenvalue weighted by Gasteiger charge is 1.94. The van der Waals surface area contributed by atoms with Gasteiger partial charge in [0.15, 0.2) is 0 Å². The summed E-state index contributed by atoms with van der Waals surface area (Å²) in [5.74, 6) is 1.51. The molecule has 0 aliphatic rings. The molecule has 0 aromatic heterocycles. The van der Waals surface area contributed by atoms with Crippen LogP contribution < -0.4 is 0 Å². The minimum absolute atomic E-state index is 0.725. The largest absolute Gasteiger partial charge is 0.379 e. The van der Waals surface area contributed by atoms with Gasteiger partial charge in [-0.2, -0.15) is 0 Å². The Morgan fingerprint density at radius 1 is 0.812 bits per heavy atom. The van der Waals surface area contributed by atoms with Gasteiger partial charge in [-0.15, -0.1) is 11.6 Å². The summed E-state index contributed by atoms with van der Waals surface area (Å²) in [7, 11) is 0. The maximum Gasteiger partial charge on any atom is 0.0700 e. The molecule has 0 radical (unpaired) electrons. The fourth-order valence-corrected chi connectivity index (χ4v) is 1.48. The second kappa shape index (κ2) is 13.3. The van der Waals surface area contributed by atoms with Crippen LogP contribution in [0.1, 0.15) is 46.0 Å².